The summed E-state index contributed by atoms with van der Waals surface area (Å²) in [4.78, 5) is 2.30. The molecule has 84 valence electrons. The maximum absolute atomic E-state index is 6.28. The average Bonchev–Trinajstić information content (AvgIpc) is 2.60. The topological polar surface area (TPSA) is 38.5 Å². The van der Waals surface area contributed by atoms with Crippen molar-refractivity contribution in [2.24, 2.45) is 5.73 Å². The van der Waals surface area contributed by atoms with Gasteiger partial charge in [0.2, 0.25) is 0 Å². The van der Waals surface area contributed by atoms with Crippen LogP contribution in [-0.4, -0.2) is 44.3 Å². The number of likely N-dealkylation sites (N-methyl/N-ethyl adjacent to an activating group) is 1. The lowest BCUT2D eigenvalue weighted by atomic mass is 9.95. The Balaban J connectivity index is 2.12. The number of nitrogens with zero attached hydrogens (tertiary/aromatic N) is 1. The van der Waals surface area contributed by atoms with Crippen LogP contribution < -0.4 is 5.73 Å². The van der Waals surface area contributed by atoms with Crippen LogP contribution in [-0.2, 0) is 4.74 Å². The summed E-state index contributed by atoms with van der Waals surface area (Å²) in [5.74, 6) is 0. The lowest BCUT2D eigenvalue weighted by Gasteiger charge is -2.26. The average molecular weight is 200 g/mol. The van der Waals surface area contributed by atoms with Crippen LogP contribution >= 0.6 is 0 Å². The maximum atomic E-state index is 6.28. The summed E-state index contributed by atoms with van der Waals surface area (Å²) in [5, 5.41) is 0. The molecule has 1 aliphatic rings. The molecule has 1 saturated carbocycles. The molecule has 1 aliphatic carbocycles. The molecule has 1 fully saturated rings. The normalized spacial score (nSPS) is 20.6. The molecule has 0 bridgehead atoms. The fourth-order valence-corrected chi connectivity index (χ4v) is 2.10. The quantitative estimate of drug-likeness (QED) is 0.701. The highest BCUT2D eigenvalue weighted by Gasteiger charge is 2.28. The molecule has 0 aromatic carbocycles. The van der Waals surface area contributed by atoms with E-state index in [1.165, 1.54) is 25.7 Å². The van der Waals surface area contributed by atoms with Crippen molar-refractivity contribution in [2.75, 3.05) is 33.9 Å². The Morgan fingerprint density at radius 2 is 1.93 bits per heavy atom. The molecule has 3 nitrogen and oxygen atoms in total. The first kappa shape index (κ1) is 12.0. The van der Waals surface area contributed by atoms with Crippen LogP contribution in [0.25, 0.3) is 0 Å². The molecule has 1 rings (SSSR count). The van der Waals surface area contributed by atoms with Gasteiger partial charge in [0.25, 0.3) is 0 Å². The highest BCUT2D eigenvalue weighted by molar-refractivity contribution is 4.89. The van der Waals surface area contributed by atoms with Gasteiger partial charge in [-0.25, -0.2) is 0 Å². The smallest absolute Gasteiger partial charge is 0.0589 e. The summed E-state index contributed by atoms with van der Waals surface area (Å²) in [5.41, 5.74) is 6.42. The van der Waals surface area contributed by atoms with Gasteiger partial charge >= 0.3 is 0 Å². The maximum Gasteiger partial charge on any atom is 0.0589 e. The molecule has 0 aromatic rings. The van der Waals surface area contributed by atoms with Crippen LogP contribution in [0.3, 0.4) is 0 Å². The van der Waals surface area contributed by atoms with Crippen molar-refractivity contribution in [3.63, 3.8) is 0 Å². The van der Waals surface area contributed by atoms with E-state index >= 15 is 0 Å². The summed E-state index contributed by atoms with van der Waals surface area (Å²) in [6.07, 6.45) is 6.19. The van der Waals surface area contributed by atoms with Gasteiger partial charge in [0.05, 0.1) is 6.61 Å². The van der Waals surface area contributed by atoms with Crippen molar-refractivity contribution in [3.05, 3.63) is 0 Å². The molecule has 0 heterocycles. The third kappa shape index (κ3) is 3.95. The van der Waals surface area contributed by atoms with Gasteiger partial charge in [0.1, 0.15) is 0 Å². The van der Waals surface area contributed by atoms with Crippen molar-refractivity contribution in [2.45, 2.75) is 37.6 Å². The van der Waals surface area contributed by atoms with E-state index in [1.807, 2.05) is 0 Å². The number of methoxy groups -OCH3 is 1. The lowest BCUT2D eigenvalue weighted by molar-refractivity contribution is 0.156. The second-order valence-electron chi connectivity index (χ2n) is 4.62. The Kier molecular flexibility index (Phi) is 4.85. The Morgan fingerprint density at radius 3 is 2.50 bits per heavy atom. The summed E-state index contributed by atoms with van der Waals surface area (Å²) < 4.78 is 5.04. The Bertz CT molecular complexity index is 155. The number of ether oxygens (including phenoxy) is 1. The van der Waals surface area contributed by atoms with Crippen LogP contribution in [0.15, 0.2) is 0 Å². The first-order chi connectivity index (χ1) is 6.66. The molecule has 2 N–H and O–H groups in total. The predicted octanol–water partition coefficient (Wildman–Crippen LogP) is 1.23. The highest BCUT2D eigenvalue weighted by Crippen LogP contribution is 2.29. The molecule has 0 amide bonds. The van der Waals surface area contributed by atoms with E-state index in [1.54, 1.807) is 7.11 Å². The zero-order chi connectivity index (χ0) is 10.4. The second-order valence-corrected chi connectivity index (χ2v) is 4.62. The van der Waals surface area contributed by atoms with Crippen LogP contribution in [0, 0.1) is 0 Å². The van der Waals surface area contributed by atoms with E-state index in [4.69, 9.17) is 10.5 Å². The van der Waals surface area contributed by atoms with Gasteiger partial charge in [-0.1, -0.05) is 12.8 Å². The Labute approximate surface area is 87.6 Å². The Morgan fingerprint density at radius 1 is 1.29 bits per heavy atom. The molecule has 0 aromatic heterocycles. The predicted molar refractivity (Wildman–Crippen MR) is 59.4 cm³/mol. The Hall–Kier alpha value is -0.120. The summed E-state index contributed by atoms with van der Waals surface area (Å²) in [7, 11) is 3.88. The van der Waals surface area contributed by atoms with Crippen LogP contribution in [0.2, 0.25) is 0 Å². The van der Waals surface area contributed by atoms with Crippen LogP contribution in [0.1, 0.15) is 32.1 Å². The molecule has 0 saturated heterocycles. The first-order valence-electron chi connectivity index (χ1n) is 5.63. The number of hydrogen-bond donors (Lipinski definition) is 1. The van der Waals surface area contributed by atoms with Gasteiger partial charge in [-0.05, 0) is 32.9 Å². The van der Waals surface area contributed by atoms with Gasteiger partial charge < -0.3 is 15.4 Å². The summed E-state index contributed by atoms with van der Waals surface area (Å²) in [6, 6.07) is 0. The summed E-state index contributed by atoms with van der Waals surface area (Å²) >= 11 is 0. The minimum Gasteiger partial charge on any atom is -0.383 e. The van der Waals surface area contributed by atoms with E-state index in [0.717, 1.165) is 26.1 Å². The number of rotatable bonds is 6. The lowest BCUT2D eigenvalue weighted by Crippen LogP contribution is -2.40. The fourth-order valence-electron chi connectivity index (χ4n) is 2.10. The van der Waals surface area contributed by atoms with Gasteiger partial charge in [-0.2, -0.15) is 0 Å². The van der Waals surface area contributed by atoms with Crippen molar-refractivity contribution >= 4 is 0 Å². The molecule has 3 heteroatoms. The molecule has 0 atom stereocenters. The van der Waals surface area contributed by atoms with E-state index in [2.05, 4.69) is 11.9 Å². The minimum atomic E-state index is 0.140. The molecule has 0 spiro atoms. The molecule has 14 heavy (non-hydrogen) atoms. The van der Waals surface area contributed by atoms with Crippen molar-refractivity contribution in [1.29, 1.82) is 0 Å². The van der Waals surface area contributed by atoms with Crippen molar-refractivity contribution in [3.8, 4) is 0 Å². The van der Waals surface area contributed by atoms with Crippen molar-refractivity contribution < 1.29 is 4.74 Å². The van der Waals surface area contributed by atoms with Crippen LogP contribution in [0.4, 0.5) is 0 Å². The van der Waals surface area contributed by atoms with E-state index in [-0.39, 0.29) is 5.54 Å². The van der Waals surface area contributed by atoms with E-state index < -0.39 is 0 Å². The molecule has 0 unspecified atom stereocenters. The second kappa shape index (κ2) is 5.69. The van der Waals surface area contributed by atoms with Crippen LogP contribution in [0.5, 0.6) is 0 Å². The van der Waals surface area contributed by atoms with Gasteiger partial charge in [-0.3, -0.25) is 0 Å². The largest absolute Gasteiger partial charge is 0.383 e. The molecular formula is C11H24N2O. The summed E-state index contributed by atoms with van der Waals surface area (Å²) in [6.45, 7) is 2.92. The zero-order valence-corrected chi connectivity index (χ0v) is 9.59. The van der Waals surface area contributed by atoms with E-state index in [0.29, 0.717) is 0 Å². The SMILES string of the molecule is COCCN(C)CCC1(N)CCCC1. The third-order valence-electron chi connectivity index (χ3n) is 3.27. The third-order valence-corrected chi connectivity index (χ3v) is 3.27. The van der Waals surface area contributed by atoms with Gasteiger partial charge in [0.15, 0.2) is 0 Å². The number of hydrogen-bond acceptors (Lipinski definition) is 3. The minimum absolute atomic E-state index is 0.140. The van der Waals surface area contributed by atoms with Crippen molar-refractivity contribution in [1.82, 2.24) is 4.90 Å². The standard InChI is InChI=1S/C11H24N2O/c1-13(9-10-14-2)8-7-11(12)5-3-4-6-11/h3-10,12H2,1-2H3. The molecule has 0 radical (unpaired) electrons. The fraction of sp³-hybridized carbons (Fsp3) is 1.00. The van der Waals surface area contributed by atoms with E-state index in [9.17, 15) is 0 Å². The van der Waals surface area contributed by atoms with Gasteiger partial charge in [0, 0.05) is 19.2 Å². The molecule has 0 aliphatic heterocycles. The highest BCUT2D eigenvalue weighted by atomic mass is 16.5. The van der Waals surface area contributed by atoms with Gasteiger partial charge in [-0.15, -0.1) is 0 Å². The monoisotopic (exact) mass is 200 g/mol. The molecular weight excluding hydrogens is 176 g/mol. The zero-order valence-electron chi connectivity index (χ0n) is 9.59. The first-order valence-corrected chi connectivity index (χ1v) is 5.63. The number of nitrogens with two attached hydrogens (primary N) is 1.